The van der Waals surface area contributed by atoms with Gasteiger partial charge in [0.05, 0.1) is 18.3 Å². The van der Waals surface area contributed by atoms with Gasteiger partial charge in [0.2, 0.25) is 10.0 Å². The Morgan fingerprint density at radius 3 is 2.44 bits per heavy atom. The highest BCUT2D eigenvalue weighted by atomic mass is 32.2. The number of rotatable bonds is 7. The molecule has 0 aliphatic carbocycles. The number of imide groups is 1. The van der Waals surface area contributed by atoms with Gasteiger partial charge in [0.25, 0.3) is 11.8 Å². The average Bonchev–Trinajstić information content (AvgIpc) is 3.19. The number of benzene rings is 1. The van der Waals surface area contributed by atoms with Gasteiger partial charge in [-0.2, -0.15) is 4.31 Å². The number of amides is 2. The van der Waals surface area contributed by atoms with Crippen LogP contribution in [0.5, 0.6) is 5.75 Å². The van der Waals surface area contributed by atoms with Gasteiger partial charge >= 0.3 is 5.97 Å². The number of carbonyl (C=O) groups excluding carboxylic acids is 3. The summed E-state index contributed by atoms with van der Waals surface area (Å²) in [5.74, 6) is -2.59. The van der Waals surface area contributed by atoms with Crippen LogP contribution >= 0.6 is 0 Å². The number of esters is 1. The molecule has 0 saturated carbocycles. The van der Waals surface area contributed by atoms with Gasteiger partial charge < -0.3 is 13.9 Å². The van der Waals surface area contributed by atoms with Crippen LogP contribution in [0, 0.1) is 0 Å². The number of nitrogens with one attached hydrogen (secondary N) is 1. The molecule has 11 heteroatoms. The second kappa shape index (κ2) is 10.4. The lowest BCUT2D eigenvalue weighted by Crippen LogP contribution is -2.34. The first kappa shape index (κ1) is 23.5. The fourth-order valence-corrected chi connectivity index (χ4v) is 4.82. The van der Waals surface area contributed by atoms with E-state index in [9.17, 15) is 22.8 Å². The first-order valence-corrected chi connectivity index (χ1v) is 11.5. The molecule has 10 nitrogen and oxygen atoms in total. The minimum atomic E-state index is -3.80. The molecule has 0 radical (unpaired) electrons. The third kappa shape index (κ3) is 5.54. The van der Waals surface area contributed by atoms with E-state index in [1.54, 1.807) is 0 Å². The predicted molar refractivity (Wildman–Crippen MR) is 112 cm³/mol. The van der Waals surface area contributed by atoms with E-state index in [1.807, 2.05) is 5.32 Å². The van der Waals surface area contributed by atoms with Gasteiger partial charge in [-0.1, -0.05) is 12.8 Å². The second-order valence-electron chi connectivity index (χ2n) is 7.11. The van der Waals surface area contributed by atoms with Crippen LogP contribution in [0.4, 0.5) is 0 Å². The summed E-state index contributed by atoms with van der Waals surface area (Å²) in [7, 11) is -2.48. The molecular weight excluding hydrogens is 440 g/mol. The molecule has 172 valence electrons. The number of carbonyl (C=O) groups is 3. The third-order valence-corrected chi connectivity index (χ3v) is 6.82. The highest BCUT2D eigenvalue weighted by Gasteiger charge is 2.27. The largest absolute Gasteiger partial charge is 0.496 e. The Labute approximate surface area is 185 Å². The van der Waals surface area contributed by atoms with E-state index in [1.165, 1.54) is 48.0 Å². The molecule has 2 amide bonds. The lowest BCUT2D eigenvalue weighted by atomic mass is 10.2. The number of sulfonamides is 1. The van der Waals surface area contributed by atoms with Crippen LogP contribution in [0.15, 0.2) is 45.9 Å². The van der Waals surface area contributed by atoms with Crippen LogP contribution in [0.2, 0.25) is 0 Å². The van der Waals surface area contributed by atoms with E-state index in [4.69, 9.17) is 13.9 Å². The predicted octanol–water partition coefficient (Wildman–Crippen LogP) is 1.97. The molecular formula is C21H24N2O8S. The van der Waals surface area contributed by atoms with Gasteiger partial charge in [0, 0.05) is 13.1 Å². The molecule has 0 spiro atoms. The van der Waals surface area contributed by atoms with Crippen molar-refractivity contribution in [1.82, 2.24) is 9.62 Å². The topological polar surface area (TPSA) is 132 Å². The number of furan rings is 1. The Morgan fingerprint density at radius 2 is 1.81 bits per heavy atom. The van der Waals surface area contributed by atoms with Crippen molar-refractivity contribution < 1.29 is 36.7 Å². The zero-order chi connectivity index (χ0) is 23.1. The molecule has 3 rings (SSSR count). The van der Waals surface area contributed by atoms with Crippen LogP contribution in [-0.2, 0) is 19.6 Å². The molecule has 1 N–H and O–H groups in total. The lowest BCUT2D eigenvalue weighted by Gasteiger charge is -2.20. The maximum Gasteiger partial charge on any atom is 0.342 e. The van der Waals surface area contributed by atoms with E-state index < -0.39 is 34.4 Å². The molecule has 1 aliphatic heterocycles. The molecule has 1 aliphatic rings. The van der Waals surface area contributed by atoms with Crippen molar-refractivity contribution in [3.8, 4) is 5.75 Å². The van der Waals surface area contributed by atoms with Crippen molar-refractivity contribution in [3.63, 3.8) is 0 Å². The van der Waals surface area contributed by atoms with Crippen LogP contribution in [0.1, 0.15) is 46.6 Å². The average molecular weight is 464 g/mol. The Morgan fingerprint density at radius 1 is 1.09 bits per heavy atom. The van der Waals surface area contributed by atoms with Crippen LogP contribution in [-0.4, -0.2) is 57.3 Å². The molecule has 32 heavy (non-hydrogen) atoms. The van der Waals surface area contributed by atoms with Crippen molar-refractivity contribution >= 4 is 27.8 Å². The summed E-state index contributed by atoms with van der Waals surface area (Å²) in [4.78, 5) is 36.2. The normalized spacial score (nSPS) is 14.9. The molecule has 0 bridgehead atoms. The number of ether oxygens (including phenoxy) is 2. The minimum Gasteiger partial charge on any atom is -0.496 e. The first-order valence-electron chi connectivity index (χ1n) is 10.1. The summed E-state index contributed by atoms with van der Waals surface area (Å²) < 4.78 is 42.5. The number of methoxy groups -OCH3 is 1. The Bertz CT molecular complexity index is 1070. The highest BCUT2D eigenvalue weighted by Crippen LogP contribution is 2.26. The van der Waals surface area contributed by atoms with Crippen molar-refractivity contribution in [2.45, 2.75) is 30.6 Å². The molecule has 1 aromatic heterocycles. The summed E-state index contributed by atoms with van der Waals surface area (Å²) >= 11 is 0. The quantitative estimate of drug-likeness (QED) is 0.615. The Hall–Kier alpha value is -3.18. The summed E-state index contributed by atoms with van der Waals surface area (Å²) in [5, 5.41) is 2.02. The zero-order valence-electron chi connectivity index (χ0n) is 17.5. The van der Waals surface area contributed by atoms with Crippen LogP contribution < -0.4 is 10.1 Å². The fourth-order valence-electron chi connectivity index (χ4n) is 3.28. The molecule has 0 unspecified atom stereocenters. The summed E-state index contributed by atoms with van der Waals surface area (Å²) in [5.41, 5.74) is -0.145. The maximum atomic E-state index is 13.0. The highest BCUT2D eigenvalue weighted by molar-refractivity contribution is 7.89. The van der Waals surface area contributed by atoms with E-state index >= 15 is 0 Å². The van der Waals surface area contributed by atoms with Crippen molar-refractivity contribution in [3.05, 3.63) is 47.9 Å². The minimum absolute atomic E-state index is 0.0652. The van der Waals surface area contributed by atoms with Crippen molar-refractivity contribution in [2.24, 2.45) is 0 Å². The summed E-state index contributed by atoms with van der Waals surface area (Å²) in [6.45, 7) is 0.0769. The molecule has 0 atom stereocenters. The van der Waals surface area contributed by atoms with E-state index in [0.717, 1.165) is 25.7 Å². The monoisotopic (exact) mass is 464 g/mol. The number of hydrogen-bond acceptors (Lipinski definition) is 8. The number of hydrogen-bond donors (Lipinski definition) is 1. The van der Waals surface area contributed by atoms with Gasteiger partial charge in [0.15, 0.2) is 12.4 Å². The maximum absolute atomic E-state index is 13.0. The van der Waals surface area contributed by atoms with Crippen LogP contribution in [0.25, 0.3) is 0 Å². The van der Waals surface area contributed by atoms with E-state index in [2.05, 4.69) is 0 Å². The van der Waals surface area contributed by atoms with Crippen LogP contribution in [0.3, 0.4) is 0 Å². The standard InChI is InChI=1S/C21H24N2O8S/c1-29-17-9-8-15(32(27,28)23-10-4-2-3-5-11-23)13-16(17)21(26)31-14-19(24)22-20(25)18-7-6-12-30-18/h6-9,12-13H,2-5,10-11,14H2,1H3,(H,22,24,25). The molecule has 1 fully saturated rings. The van der Waals surface area contributed by atoms with Gasteiger partial charge in [-0.3, -0.25) is 14.9 Å². The van der Waals surface area contributed by atoms with Gasteiger partial charge in [0.1, 0.15) is 11.3 Å². The number of nitrogens with zero attached hydrogens (tertiary/aromatic N) is 1. The molecule has 1 aromatic carbocycles. The molecule has 2 heterocycles. The zero-order valence-corrected chi connectivity index (χ0v) is 18.4. The Kier molecular flexibility index (Phi) is 7.65. The second-order valence-corrected chi connectivity index (χ2v) is 9.05. The summed E-state index contributed by atoms with van der Waals surface area (Å²) in [6, 6.07) is 6.76. The van der Waals surface area contributed by atoms with E-state index in [0.29, 0.717) is 13.1 Å². The SMILES string of the molecule is COc1ccc(S(=O)(=O)N2CCCCCC2)cc1C(=O)OCC(=O)NC(=O)c1ccco1. The first-order chi connectivity index (χ1) is 15.3. The van der Waals surface area contributed by atoms with Crippen molar-refractivity contribution in [1.29, 1.82) is 0 Å². The molecule has 2 aromatic rings. The van der Waals surface area contributed by atoms with Gasteiger partial charge in [-0.25, -0.2) is 13.2 Å². The fraction of sp³-hybridized carbons (Fsp3) is 0.381. The third-order valence-electron chi connectivity index (χ3n) is 4.93. The van der Waals surface area contributed by atoms with Gasteiger partial charge in [-0.05, 0) is 43.2 Å². The summed E-state index contributed by atoms with van der Waals surface area (Å²) in [6.07, 6.45) is 4.76. The van der Waals surface area contributed by atoms with Gasteiger partial charge in [-0.15, -0.1) is 0 Å². The van der Waals surface area contributed by atoms with E-state index in [-0.39, 0.29) is 22.0 Å². The molecule has 1 saturated heterocycles. The van der Waals surface area contributed by atoms with Crippen molar-refractivity contribution in [2.75, 3.05) is 26.8 Å². The smallest absolute Gasteiger partial charge is 0.342 e. The Balaban J connectivity index is 1.71. The lowest BCUT2D eigenvalue weighted by molar-refractivity contribution is -0.123.